The number of aryl methyl sites for hydroxylation is 1. The zero-order chi connectivity index (χ0) is 14.7. The first-order valence-corrected chi connectivity index (χ1v) is 9.17. The molecule has 0 atom stereocenters. The van der Waals surface area contributed by atoms with Gasteiger partial charge in [-0.3, -0.25) is 9.69 Å². The highest BCUT2D eigenvalue weighted by Crippen LogP contribution is 2.27. The highest BCUT2D eigenvalue weighted by atomic mass is 32.1. The van der Waals surface area contributed by atoms with Crippen molar-refractivity contribution in [2.75, 3.05) is 19.6 Å². The number of carbonyl (C=O) groups excluding carboxylic acids is 1. The average molecular weight is 306 g/mol. The molecular formula is C17H26N2OS. The zero-order valence-corrected chi connectivity index (χ0v) is 13.8. The molecule has 21 heavy (non-hydrogen) atoms. The second kappa shape index (κ2) is 6.93. The third-order valence-corrected chi connectivity index (χ3v) is 5.93. The van der Waals surface area contributed by atoms with Gasteiger partial charge in [0, 0.05) is 10.9 Å². The van der Waals surface area contributed by atoms with E-state index in [1.165, 1.54) is 49.0 Å². The molecule has 0 N–H and O–H groups in total. The zero-order valence-electron chi connectivity index (χ0n) is 13.0. The van der Waals surface area contributed by atoms with E-state index in [4.69, 9.17) is 0 Å². The Bertz CT molecular complexity index is 473. The average Bonchev–Trinajstić information content (AvgIpc) is 3.18. The van der Waals surface area contributed by atoms with Gasteiger partial charge in [0.25, 0.3) is 0 Å². The van der Waals surface area contributed by atoms with Crippen molar-refractivity contribution in [1.29, 1.82) is 0 Å². The fourth-order valence-corrected chi connectivity index (χ4v) is 4.48. The van der Waals surface area contributed by atoms with Gasteiger partial charge in [-0.2, -0.15) is 0 Å². The van der Waals surface area contributed by atoms with Gasteiger partial charge >= 0.3 is 0 Å². The molecule has 116 valence electrons. The van der Waals surface area contributed by atoms with Crippen LogP contribution in [-0.4, -0.2) is 41.4 Å². The van der Waals surface area contributed by atoms with Crippen LogP contribution in [0.15, 0.2) is 11.4 Å². The van der Waals surface area contributed by atoms with Gasteiger partial charge in [-0.15, -0.1) is 11.3 Å². The molecule has 4 heteroatoms. The predicted molar refractivity (Wildman–Crippen MR) is 87.5 cm³/mol. The van der Waals surface area contributed by atoms with E-state index < -0.39 is 0 Å². The summed E-state index contributed by atoms with van der Waals surface area (Å²) >= 11 is 1.79. The van der Waals surface area contributed by atoms with Gasteiger partial charge in [-0.05, 0) is 62.7 Å². The van der Waals surface area contributed by atoms with Gasteiger partial charge < -0.3 is 4.90 Å². The Morgan fingerprint density at radius 1 is 1.29 bits per heavy atom. The lowest BCUT2D eigenvalue weighted by atomic mass is 10.2. The van der Waals surface area contributed by atoms with Crippen molar-refractivity contribution in [1.82, 2.24) is 9.80 Å². The first-order chi connectivity index (χ1) is 10.2. The quantitative estimate of drug-likeness (QED) is 0.832. The van der Waals surface area contributed by atoms with Gasteiger partial charge in [0.2, 0.25) is 5.91 Å². The second-order valence-corrected chi connectivity index (χ2v) is 7.47. The predicted octanol–water partition coefficient (Wildman–Crippen LogP) is 3.42. The Morgan fingerprint density at radius 2 is 2.00 bits per heavy atom. The molecule has 0 unspecified atom stereocenters. The monoisotopic (exact) mass is 306 g/mol. The summed E-state index contributed by atoms with van der Waals surface area (Å²) in [7, 11) is 0. The Balaban J connectivity index is 1.68. The summed E-state index contributed by atoms with van der Waals surface area (Å²) in [5, 5.41) is 2.14. The van der Waals surface area contributed by atoms with Gasteiger partial charge in [0.1, 0.15) is 0 Å². The molecule has 3 rings (SSSR count). The van der Waals surface area contributed by atoms with Crippen LogP contribution in [0, 0.1) is 6.92 Å². The van der Waals surface area contributed by atoms with Crippen molar-refractivity contribution >= 4 is 17.2 Å². The molecule has 0 aromatic carbocycles. The van der Waals surface area contributed by atoms with Crippen LogP contribution in [-0.2, 0) is 11.3 Å². The number of likely N-dealkylation sites (tertiary alicyclic amines) is 1. The van der Waals surface area contributed by atoms with Gasteiger partial charge in [0.05, 0.1) is 13.1 Å². The number of amides is 1. The van der Waals surface area contributed by atoms with Crippen LogP contribution < -0.4 is 0 Å². The largest absolute Gasteiger partial charge is 0.333 e. The minimum absolute atomic E-state index is 0.344. The smallest absolute Gasteiger partial charge is 0.237 e. The van der Waals surface area contributed by atoms with Gasteiger partial charge in [0.15, 0.2) is 0 Å². The third-order valence-electron chi connectivity index (χ3n) is 4.93. The first kappa shape index (κ1) is 15.0. The standard InChI is InChI=1S/C17H26N2OS/c1-14-8-11-21-16(14)12-19(15-6-2-3-7-15)17(20)13-18-9-4-5-10-18/h8,11,15H,2-7,9-10,12-13H2,1H3. The summed E-state index contributed by atoms with van der Waals surface area (Å²) < 4.78 is 0. The van der Waals surface area contributed by atoms with Crippen LogP contribution >= 0.6 is 11.3 Å². The molecule has 0 bridgehead atoms. The topological polar surface area (TPSA) is 23.6 Å². The fraction of sp³-hybridized carbons (Fsp3) is 0.706. The van der Waals surface area contributed by atoms with Gasteiger partial charge in [-0.1, -0.05) is 12.8 Å². The van der Waals surface area contributed by atoms with Crippen molar-refractivity contribution in [2.45, 2.75) is 58.0 Å². The van der Waals surface area contributed by atoms with Crippen molar-refractivity contribution in [3.8, 4) is 0 Å². The molecule has 1 aromatic rings. The molecule has 2 fully saturated rings. The van der Waals surface area contributed by atoms with Crippen LogP contribution in [0.1, 0.15) is 49.0 Å². The summed E-state index contributed by atoms with van der Waals surface area (Å²) in [6.45, 7) is 5.80. The summed E-state index contributed by atoms with van der Waals surface area (Å²) in [6.07, 6.45) is 7.44. The summed E-state index contributed by atoms with van der Waals surface area (Å²) in [5.41, 5.74) is 1.33. The number of carbonyl (C=O) groups is 1. The number of nitrogens with zero attached hydrogens (tertiary/aromatic N) is 2. The van der Waals surface area contributed by atoms with Crippen LogP contribution in [0.4, 0.5) is 0 Å². The second-order valence-electron chi connectivity index (χ2n) is 6.47. The normalized spacial score (nSPS) is 20.2. The lowest BCUT2D eigenvalue weighted by Crippen LogP contribution is -2.43. The van der Waals surface area contributed by atoms with Crippen LogP contribution in [0.3, 0.4) is 0 Å². The molecule has 2 aliphatic rings. The van der Waals surface area contributed by atoms with Crippen molar-refractivity contribution < 1.29 is 4.79 Å². The Hall–Kier alpha value is -0.870. The van der Waals surface area contributed by atoms with Crippen LogP contribution in [0.25, 0.3) is 0 Å². The molecule has 0 spiro atoms. The molecule has 1 saturated carbocycles. The molecule has 1 amide bonds. The van der Waals surface area contributed by atoms with E-state index in [2.05, 4.69) is 28.2 Å². The Kier molecular flexibility index (Phi) is 4.96. The number of hydrogen-bond acceptors (Lipinski definition) is 3. The molecule has 1 aromatic heterocycles. The van der Waals surface area contributed by atoms with Crippen LogP contribution in [0.2, 0.25) is 0 Å². The summed E-state index contributed by atoms with van der Waals surface area (Å²) in [5.74, 6) is 0.344. The maximum Gasteiger partial charge on any atom is 0.237 e. The third kappa shape index (κ3) is 3.67. The highest BCUT2D eigenvalue weighted by molar-refractivity contribution is 7.10. The van der Waals surface area contributed by atoms with Crippen molar-refractivity contribution in [3.05, 3.63) is 21.9 Å². The fourth-order valence-electron chi connectivity index (χ4n) is 3.58. The molecule has 1 aliphatic carbocycles. The molecular weight excluding hydrogens is 280 g/mol. The molecule has 1 aliphatic heterocycles. The maximum absolute atomic E-state index is 12.8. The van der Waals surface area contributed by atoms with Crippen LogP contribution in [0.5, 0.6) is 0 Å². The van der Waals surface area contributed by atoms with E-state index in [1.54, 1.807) is 11.3 Å². The summed E-state index contributed by atoms with van der Waals surface area (Å²) in [4.78, 5) is 18.7. The molecule has 1 saturated heterocycles. The van der Waals surface area contributed by atoms with E-state index in [0.29, 0.717) is 18.5 Å². The van der Waals surface area contributed by atoms with E-state index in [-0.39, 0.29) is 0 Å². The van der Waals surface area contributed by atoms with E-state index in [1.807, 2.05) is 0 Å². The molecule has 3 nitrogen and oxygen atoms in total. The lowest BCUT2D eigenvalue weighted by molar-refractivity contribution is -0.135. The Morgan fingerprint density at radius 3 is 2.62 bits per heavy atom. The number of hydrogen-bond donors (Lipinski definition) is 0. The minimum atomic E-state index is 0.344. The minimum Gasteiger partial charge on any atom is -0.333 e. The van der Waals surface area contributed by atoms with Gasteiger partial charge in [-0.25, -0.2) is 0 Å². The molecule has 0 radical (unpaired) electrons. The number of rotatable bonds is 5. The van der Waals surface area contributed by atoms with Crippen molar-refractivity contribution in [3.63, 3.8) is 0 Å². The number of thiophene rings is 1. The van der Waals surface area contributed by atoms with E-state index in [9.17, 15) is 4.79 Å². The van der Waals surface area contributed by atoms with E-state index >= 15 is 0 Å². The highest BCUT2D eigenvalue weighted by Gasteiger charge is 2.28. The maximum atomic E-state index is 12.8. The SMILES string of the molecule is Cc1ccsc1CN(C(=O)CN1CCCC1)C1CCCC1. The Labute approximate surface area is 131 Å². The van der Waals surface area contributed by atoms with Crippen molar-refractivity contribution in [2.24, 2.45) is 0 Å². The molecule has 2 heterocycles. The van der Waals surface area contributed by atoms with E-state index in [0.717, 1.165) is 19.6 Å². The first-order valence-electron chi connectivity index (χ1n) is 8.29. The summed E-state index contributed by atoms with van der Waals surface area (Å²) in [6, 6.07) is 2.64. The lowest BCUT2D eigenvalue weighted by Gasteiger charge is -2.30.